The zero-order valence-electron chi connectivity index (χ0n) is 16.6. The second kappa shape index (κ2) is 8.51. The second-order valence-electron chi connectivity index (χ2n) is 6.81. The van der Waals surface area contributed by atoms with Gasteiger partial charge in [0.25, 0.3) is 5.78 Å². The number of amides is 1. The average Bonchev–Trinajstić information content (AvgIpc) is 3.19. The van der Waals surface area contributed by atoms with Crippen molar-refractivity contribution in [1.29, 1.82) is 0 Å². The molecule has 0 atom stereocenters. The fourth-order valence-electron chi connectivity index (χ4n) is 3.27. The summed E-state index contributed by atoms with van der Waals surface area (Å²) in [7, 11) is 0. The van der Waals surface area contributed by atoms with Crippen molar-refractivity contribution in [2.24, 2.45) is 0 Å². The summed E-state index contributed by atoms with van der Waals surface area (Å²) >= 11 is 6.18. The molecule has 0 aliphatic rings. The third kappa shape index (κ3) is 4.11. The van der Waals surface area contributed by atoms with Gasteiger partial charge < -0.3 is 10.1 Å². The molecular formula is C22H20ClN5O2. The van der Waals surface area contributed by atoms with E-state index in [4.69, 9.17) is 16.3 Å². The predicted octanol–water partition coefficient (Wildman–Crippen LogP) is 4.76. The Morgan fingerprint density at radius 2 is 1.83 bits per heavy atom. The van der Waals surface area contributed by atoms with Crippen LogP contribution in [-0.2, 0) is 11.2 Å². The van der Waals surface area contributed by atoms with Gasteiger partial charge in [0.1, 0.15) is 12.1 Å². The number of nitrogens with one attached hydrogen (secondary N) is 1. The van der Waals surface area contributed by atoms with E-state index < -0.39 is 0 Å². The van der Waals surface area contributed by atoms with Crippen molar-refractivity contribution in [3.63, 3.8) is 0 Å². The topological polar surface area (TPSA) is 81.4 Å². The van der Waals surface area contributed by atoms with E-state index in [-0.39, 0.29) is 5.91 Å². The first kappa shape index (κ1) is 19.8. The Bertz CT molecular complexity index is 1220. The maximum atomic E-state index is 12.6. The Morgan fingerprint density at radius 3 is 2.63 bits per heavy atom. The van der Waals surface area contributed by atoms with Crippen molar-refractivity contribution >= 4 is 29.0 Å². The van der Waals surface area contributed by atoms with Crippen molar-refractivity contribution in [2.75, 3.05) is 5.32 Å². The maximum Gasteiger partial charge on any atom is 0.252 e. The summed E-state index contributed by atoms with van der Waals surface area (Å²) in [4.78, 5) is 21.2. The van der Waals surface area contributed by atoms with E-state index in [2.05, 4.69) is 20.4 Å². The van der Waals surface area contributed by atoms with E-state index in [1.165, 1.54) is 6.33 Å². The number of para-hydroxylation sites is 3. The summed E-state index contributed by atoms with van der Waals surface area (Å²) in [5, 5.41) is 7.62. The van der Waals surface area contributed by atoms with Crippen LogP contribution in [0.15, 0.2) is 54.9 Å². The molecule has 0 radical (unpaired) electrons. The van der Waals surface area contributed by atoms with Crippen LogP contribution in [0.3, 0.4) is 0 Å². The highest BCUT2D eigenvalue weighted by Gasteiger charge is 2.14. The normalized spacial score (nSPS) is 10.9. The zero-order chi connectivity index (χ0) is 21.1. The number of nitrogens with zero attached hydrogens (tertiary/aromatic N) is 4. The smallest absolute Gasteiger partial charge is 0.252 e. The number of carbonyl (C=O) groups excluding carboxylic acids is 1. The Balaban J connectivity index is 1.47. The van der Waals surface area contributed by atoms with E-state index in [0.29, 0.717) is 40.8 Å². The summed E-state index contributed by atoms with van der Waals surface area (Å²) in [5.41, 5.74) is 3.36. The van der Waals surface area contributed by atoms with Crippen molar-refractivity contribution in [2.45, 2.75) is 26.7 Å². The lowest BCUT2D eigenvalue weighted by atomic mass is 10.1. The van der Waals surface area contributed by atoms with Gasteiger partial charge in [-0.2, -0.15) is 10.1 Å². The van der Waals surface area contributed by atoms with Crippen molar-refractivity contribution in [3.05, 3.63) is 76.8 Å². The number of aromatic nitrogens is 4. The van der Waals surface area contributed by atoms with Gasteiger partial charge in [0, 0.05) is 17.8 Å². The van der Waals surface area contributed by atoms with Gasteiger partial charge in [-0.3, -0.25) is 4.79 Å². The minimum atomic E-state index is -0.123. The first-order valence-electron chi connectivity index (χ1n) is 9.50. The standard InChI is InChI=1S/C22H20ClN5O2/c1-14-16(15(2)28-22(26-14)24-13-25-28)11-12-21(29)27-18-8-4-6-10-20(18)30-19-9-5-3-7-17(19)23/h3-10,13H,11-12H2,1-2H3,(H,27,29). The van der Waals surface area contributed by atoms with E-state index in [0.717, 1.165) is 17.0 Å². The SMILES string of the molecule is Cc1nc2ncnn2c(C)c1CCC(=O)Nc1ccccc1Oc1ccccc1Cl. The summed E-state index contributed by atoms with van der Waals surface area (Å²) in [6.07, 6.45) is 2.31. The first-order valence-corrected chi connectivity index (χ1v) is 9.88. The van der Waals surface area contributed by atoms with E-state index in [1.807, 2.05) is 38.1 Å². The van der Waals surface area contributed by atoms with Gasteiger partial charge in [-0.15, -0.1) is 0 Å². The lowest BCUT2D eigenvalue weighted by Gasteiger charge is -2.14. The number of fused-ring (bicyclic) bond motifs is 1. The summed E-state index contributed by atoms with van der Waals surface area (Å²) in [6, 6.07) is 14.5. The molecule has 0 spiro atoms. The Morgan fingerprint density at radius 1 is 1.10 bits per heavy atom. The van der Waals surface area contributed by atoms with Crippen LogP contribution in [0.5, 0.6) is 11.5 Å². The fourth-order valence-corrected chi connectivity index (χ4v) is 3.45. The Kier molecular flexibility index (Phi) is 5.63. The molecule has 2 heterocycles. The highest BCUT2D eigenvalue weighted by Crippen LogP contribution is 2.33. The Labute approximate surface area is 178 Å². The van der Waals surface area contributed by atoms with Crippen LogP contribution < -0.4 is 10.1 Å². The number of halogens is 1. The molecule has 0 unspecified atom stereocenters. The molecule has 30 heavy (non-hydrogen) atoms. The van der Waals surface area contributed by atoms with Crippen LogP contribution in [0.2, 0.25) is 5.02 Å². The van der Waals surface area contributed by atoms with Gasteiger partial charge in [0.2, 0.25) is 5.91 Å². The number of rotatable bonds is 6. The molecule has 1 N–H and O–H groups in total. The number of hydrogen-bond acceptors (Lipinski definition) is 5. The second-order valence-corrected chi connectivity index (χ2v) is 7.22. The first-order chi connectivity index (χ1) is 14.5. The number of ether oxygens (including phenoxy) is 1. The summed E-state index contributed by atoms with van der Waals surface area (Å²) in [5.74, 6) is 1.49. The highest BCUT2D eigenvalue weighted by molar-refractivity contribution is 6.32. The van der Waals surface area contributed by atoms with Crippen LogP contribution in [0.1, 0.15) is 23.4 Å². The molecule has 0 fully saturated rings. The molecule has 7 nitrogen and oxygen atoms in total. The van der Waals surface area contributed by atoms with E-state index >= 15 is 0 Å². The largest absolute Gasteiger partial charge is 0.454 e. The minimum absolute atomic E-state index is 0.123. The molecule has 152 valence electrons. The van der Waals surface area contributed by atoms with Crippen LogP contribution in [0.4, 0.5) is 5.69 Å². The summed E-state index contributed by atoms with van der Waals surface area (Å²) in [6.45, 7) is 3.87. The van der Waals surface area contributed by atoms with E-state index in [9.17, 15) is 4.79 Å². The molecule has 2 aromatic carbocycles. The van der Waals surface area contributed by atoms with Crippen molar-refractivity contribution in [3.8, 4) is 11.5 Å². The number of carbonyl (C=O) groups is 1. The molecule has 0 saturated heterocycles. The molecule has 0 aliphatic heterocycles. The number of benzene rings is 2. The molecule has 4 rings (SSSR count). The van der Waals surface area contributed by atoms with Crippen LogP contribution in [-0.4, -0.2) is 25.5 Å². The van der Waals surface area contributed by atoms with Crippen LogP contribution in [0, 0.1) is 13.8 Å². The van der Waals surface area contributed by atoms with Gasteiger partial charge in [-0.1, -0.05) is 35.9 Å². The highest BCUT2D eigenvalue weighted by atomic mass is 35.5. The molecule has 0 bridgehead atoms. The third-order valence-corrected chi connectivity index (χ3v) is 5.12. The third-order valence-electron chi connectivity index (χ3n) is 4.81. The van der Waals surface area contributed by atoms with E-state index in [1.54, 1.807) is 28.8 Å². The molecule has 8 heteroatoms. The average molecular weight is 422 g/mol. The fraction of sp³-hybridized carbons (Fsp3) is 0.182. The zero-order valence-corrected chi connectivity index (χ0v) is 17.3. The number of anilines is 1. The lowest BCUT2D eigenvalue weighted by molar-refractivity contribution is -0.116. The van der Waals surface area contributed by atoms with Crippen LogP contribution in [0.25, 0.3) is 5.78 Å². The molecule has 4 aromatic rings. The monoisotopic (exact) mass is 421 g/mol. The molecule has 1 amide bonds. The summed E-state index contributed by atoms with van der Waals surface area (Å²) < 4.78 is 7.59. The molecule has 0 saturated carbocycles. The molecule has 0 aliphatic carbocycles. The van der Waals surface area contributed by atoms with Gasteiger partial charge in [0.05, 0.1) is 10.7 Å². The van der Waals surface area contributed by atoms with Crippen LogP contribution >= 0.6 is 11.6 Å². The molecular weight excluding hydrogens is 402 g/mol. The lowest BCUT2D eigenvalue weighted by Crippen LogP contribution is -2.14. The van der Waals surface area contributed by atoms with Gasteiger partial charge in [-0.25, -0.2) is 9.50 Å². The van der Waals surface area contributed by atoms with Gasteiger partial charge in [-0.05, 0) is 50.1 Å². The minimum Gasteiger partial charge on any atom is -0.454 e. The quantitative estimate of drug-likeness (QED) is 0.485. The van der Waals surface area contributed by atoms with Gasteiger partial charge in [0.15, 0.2) is 5.75 Å². The number of hydrogen-bond donors (Lipinski definition) is 1. The predicted molar refractivity (Wildman–Crippen MR) is 115 cm³/mol. The van der Waals surface area contributed by atoms with Gasteiger partial charge >= 0.3 is 0 Å². The molecule has 2 aromatic heterocycles. The van der Waals surface area contributed by atoms with Crippen molar-refractivity contribution < 1.29 is 9.53 Å². The van der Waals surface area contributed by atoms with Crippen molar-refractivity contribution in [1.82, 2.24) is 19.6 Å². The Hall–Kier alpha value is -3.45. The maximum absolute atomic E-state index is 12.6. The number of aryl methyl sites for hydroxylation is 2.